The molecule has 27 heavy (non-hydrogen) atoms. The van der Waals surface area contributed by atoms with Gasteiger partial charge >= 0.3 is 5.97 Å². The molecule has 3 aromatic rings. The highest BCUT2D eigenvalue weighted by atomic mass is 16.5. The van der Waals surface area contributed by atoms with Crippen LogP contribution in [-0.2, 0) is 9.53 Å². The second-order valence-corrected chi connectivity index (χ2v) is 6.04. The summed E-state index contributed by atoms with van der Waals surface area (Å²) in [5.41, 5.74) is 3.43. The average molecular weight is 360 g/mol. The highest BCUT2D eigenvalue weighted by Gasteiger charge is 2.24. The van der Waals surface area contributed by atoms with Crippen molar-refractivity contribution >= 4 is 11.9 Å². The van der Waals surface area contributed by atoms with Crippen molar-refractivity contribution in [3.8, 4) is 11.3 Å². The summed E-state index contributed by atoms with van der Waals surface area (Å²) >= 11 is 0. The summed E-state index contributed by atoms with van der Waals surface area (Å²) < 4.78 is 4.84. The van der Waals surface area contributed by atoms with Crippen molar-refractivity contribution in [3.05, 3.63) is 89.6 Å². The van der Waals surface area contributed by atoms with Gasteiger partial charge in [-0.1, -0.05) is 60.7 Å². The molecule has 2 aromatic carbocycles. The molecule has 0 spiro atoms. The van der Waals surface area contributed by atoms with Gasteiger partial charge in [-0.15, -0.1) is 0 Å². The first-order valence-corrected chi connectivity index (χ1v) is 8.57. The van der Waals surface area contributed by atoms with E-state index in [-0.39, 0.29) is 5.91 Å². The van der Waals surface area contributed by atoms with Crippen molar-refractivity contribution in [1.29, 1.82) is 0 Å². The van der Waals surface area contributed by atoms with Gasteiger partial charge in [0.1, 0.15) is 0 Å². The SMILES string of the molecule is COC(=O)C(NC(=O)c1ccc(-c2ccccc2)nc1C)c1ccccc1. The number of amides is 1. The Labute approximate surface area is 158 Å². The molecule has 0 aliphatic heterocycles. The van der Waals surface area contributed by atoms with Gasteiger partial charge in [0.2, 0.25) is 0 Å². The fraction of sp³-hybridized carbons (Fsp3) is 0.136. The van der Waals surface area contributed by atoms with Crippen LogP contribution in [-0.4, -0.2) is 24.0 Å². The number of hydrogen-bond donors (Lipinski definition) is 1. The van der Waals surface area contributed by atoms with E-state index < -0.39 is 12.0 Å². The minimum absolute atomic E-state index is 0.376. The van der Waals surface area contributed by atoms with E-state index in [1.165, 1.54) is 7.11 Å². The molecule has 1 N–H and O–H groups in total. The third-order valence-electron chi connectivity index (χ3n) is 4.25. The lowest BCUT2D eigenvalue weighted by molar-refractivity contribution is -0.143. The van der Waals surface area contributed by atoms with E-state index in [2.05, 4.69) is 10.3 Å². The van der Waals surface area contributed by atoms with Crippen molar-refractivity contribution in [2.24, 2.45) is 0 Å². The highest BCUT2D eigenvalue weighted by Crippen LogP contribution is 2.20. The third-order valence-corrected chi connectivity index (χ3v) is 4.25. The number of esters is 1. The number of rotatable bonds is 5. The molecule has 3 rings (SSSR count). The topological polar surface area (TPSA) is 68.3 Å². The maximum Gasteiger partial charge on any atom is 0.333 e. The maximum atomic E-state index is 12.8. The average Bonchev–Trinajstić information content (AvgIpc) is 2.72. The molecular weight excluding hydrogens is 340 g/mol. The zero-order valence-corrected chi connectivity index (χ0v) is 15.2. The molecule has 1 heterocycles. The number of nitrogens with one attached hydrogen (secondary N) is 1. The second kappa shape index (κ2) is 8.27. The lowest BCUT2D eigenvalue weighted by atomic mass is 10.1. The first kappa shape index (κ1) is 18.3. The molecule has 0 radical (unpaired) electrons. The van der Waals surface area contributed by atoms with Gasteiger partial charge in [-0.25, -0.2) is 4.79 Å². The molecule has 1 aromatic heterocycles. The number of carbonyl (C=O) groups is 2. The third kappa shape index (κ3) is 4.20. The van der Waals surface area contributed by atoms with E-state index in [1.807, 2.05) is 36.4 Å². The van der Waals surface area contributed by atoms with Crippen LogP contribution in [0.5, 0.6) is 0 Å². The maximum absolute atomic E-state index is 12.8. The molecule has 1 atom stereocenters. The van der Waals surface area contributed by atoms with Crippen LogP contribution in [0.3, 0.4) is 0 Å². The molecule has 5 heteroatoms. The minimum atomic E-state index is -0.878. The number of nitrogens with zero attached hydrogens (tertiary/aromatic N) is 1. The van der Waals surface area contributed by atoms with E-state index >= 15 is 0 Å². The Morgan fingerprint density at radius 2 is 1.56 bits per heavy atom. The Hall–Kier alpha value is -3.47. The number of aromatic nitrogens is 1. The van der Waals surface area contributed by atoms with Gasteiger partial charge in [0.15, 0.2) is 6.04 Å². The summed E-state index contributed by atoms with van der Waals surface area (Å²) in [6, 6.07) is 21.4. The van der Waals surface area contributed by atoms with Gasteiger partial charge in [0, 0.05) is 5.56 Å². The van der Waals surface area contributed by atoms with Crippen molar-refractivity contribution in [3.63, 3.8) is 0 Å². The molecule has 0 bridgehead atoms. The van der Waals surface area contributed by atoms with Gasteiger partial charge in [0.25, 0.3) is 5.91 Å². The van der Waals surface area contributed by atoms with Crippen LogP contribution in [0.15, 0.2) is 72.8 Å². The molecule has 1 unspecified atom stereocenters. The van der Waals surface area contributed by atoms with E-state index in [0.29, 0.717) is 16.8 Å². The number of pyridine rings is 1. The summed E-state index contributed by atoms with van der Waals surface area (Å²) in [6.45, 7) is 1.77. The van der Waals surface area contributed by atoms with Crippen LogP contribution < -0.4 is 5.32 Å². The quantitative estimate of drug-likeness (QED) is 0.705. The predicted octanol–water partition coefficient (Wildman–Crippen LogP) is 3.70. The van der Waals surface area contributed by atoms with Gasteiger partial charge in [-0.2, -0.15) is 0 Å². The number of aryl methyl sites for hydroxylation is 1. The van der Waals surface area contributed by atoms with Gasteiger partial charge in [0.05, 0.1) is 24.1 Å². The van der Waals surface area contributed by atoms with Crippen molar-refractivity contribution in [2.75, 3.05) is 7.11 Å². The van der Waals surface area contributed by atoms with E-state index in [0.717, 1.165) is 11.3 Å². The summed E-state index contributed by atoms with van der Waals surface area (Å²) in [6.07, 6.45) is 0. The Morgan fingerprint density at radius 3 is 2.15 bits per heavy atom. The lowest BCUT2D eigenvalue weighted by Gasteiger charge is -2.17. The highest BCUT2D eigenvalue weighted by molar-refractivity contribution is 5.98. The van der Waals surface area contributed by atoms with Crippen LogP contribution in [0, 0.1) is 6.92 Å². The van der Waals surface area contributed by atoms with Gasteiger partial charge in [-0.3, -0.25) is 9.78 Å². The zero-order valence-electron chi connectivity index (χ0n) is 15.2. The number of methoxy groups -OCH3 is 1. The molecule has 5 nitrogen and oxygen atoms in total. The van der Waals surface area contributed by atoms with Crippen molar-refractivity contribution in [1.82, 2.24) is 10.3 Å². The monoisotopic (exact) mass is 360 g/mol. The molecule has 0 saturated carbocycles. The van der Waals surface area contributed by atoms with E-state index in [4.69, 9.17) is 4.74 Å². The van der Waals surface area contributed by atoms with Gasteiger partial charge in [-0.05, 0) is 24.6 Å². The normalized spacial score (nSPS) is 11.5. The standard InChI is InChI=1S/C22H20N2O3/c1-15-18(13-14-19(23-15)16-9-5-3-6-10-16)21(25)24-20(22(26)27-2)17-11-7-4-8-12-17/h3-14,20H,1-2H3,(H,24,25). The Bertz CT molecular complexity index is 940. The lowest BCUT2D eigenvalue weighted by Crippen LogP contribution is -2.35. The molecular formula is C22H20N2O3. The first-order valence-electron chi connectivity index (χ1n) is 8.57. The van der Waals surface area contributed by atoms with Crippen LogP contribution in [0.1, 0.15) is 27.7 Å². The predicted molar refractivity (Wildman–Crippen MR) is 103 cm³/mol. The van der Waals surface area contributed by atoms with Crippen molar-refractivity contribution in [2.45, 2.75) is 13.0 Å². The van der Waals surface area contributed by atoms with Crippen LogP contribution in [0.25, 0.3) is 11.3 Å². The van der Waals surface area contributed by atoms with Crippen LogP contribution in [0.2, 0.25) is 0 Å². The molecule has 0 saturated heterocycles. The summed E-state index contributed by atoms with van der Waals surface area (Å²) in [7, 11) is 1.30. The largest absolute Gasteiger partial charge is 0.467 e. The number of hydrogen-bond acceptors (Lipinski definition) is 4. The molecule has 0 aliphatic rings. The second-order valence-electron chi connectivity index (χ2n) is 6.04. The zero-order chi connectivity index (χ0) is 19.2. The molecule has 0 fully saturated rings. The molecule has 136 valence electrons. The van der Waals surface area contributed by atoms with E-state index in [1.54, 1.807) is 43.3 Å². The fourth-order valence-electron chi connectivity index (χ4n) is 2.82. The summed E-state index contributed by atoms with van der Waals surface area (Å²) in [5.74, 6) is -0.903. The summed E-state index contributed by atoms with van der Waals surface area (Å²) in [4.78, 5) is 29.4. The van der Waals surface area contributed by atoms with Crippen LogP contribution >= 0.6 is 0 Å². The summed E-state index contributed by atoms with van der Waals surface area (Å²) in [5, 5.41) is 2.75. The molecule has 0 aliphatic carbocycles. The number of carbonyl (C=O) groups excluding carboxylic acids is 2. The number of benzene rings is 2. The Kier molecular flexibility index (Phi) is 5.61. The van der Waals surface area contributed by atoms with Crippen LogP contribution in [0.4, 0.5) is 0 Å². The minimum Gasteiger partial charge on any atom is -0.467 e. The first-order chi connectivity index (χ1) is 13.1. The van der Waals surface area contributed by atoms with Gasteiger partial charge < -0.3 is 10.1 Å². The number of ether oxygens (including phenoxy) is 1. The van der Waals surface area contributed by atoms with E-state index in [9.17, 15) is 9.59 Å². The van der Waals surface area contributed by atoms with Crippen molar-refractivity contribution < 1.29 is 14.3 Å². The fourth-order valence-corrected chi connectivity index (χ4v) is 2.82. The Balaban J connectivity index is 1.85. The molecule has 1 amide bonds. The smallest absolute Gasteiger partial charge is 0.333 e. The Morgan fingerprint density at radius 1 is 0.926 bits per heavy atom.